The van der Waals surface area contributed by atoms with Crippen LogP contribution in [0.1, 0.15) is 46.0 Å². The van der Waals surface area contributed by atoms with E-state index in [1.807, 2.05) is 6.26 Å². The van der Waals surface area contributed by atoms with E-state index in [1.165, 1.54) is 12.8 Å². The standard InChI is InChI=1S/C21H35N3O3S/c1-20(2,24-9-4-5-10-24)19(26)23-13-16-15(12-22-18(25)7-11-28-3)17-6-8-21(16,14-23)27-17/h15-17H,4-14H2,1-3H3,(H,22,25)/t15-,16+,17+,21+/m0/s1. The molecule has 4 aliphatic heterocycles. The third-order valence-electron chi connectivity index (χ3n) is 7.56. The van der Waals surface area contributed by atoms with Crippen LogP contribution in [-0.2, 0) is 14.3 Å². The van der Waals surface area contributed by atoms with Gasteiger partial charge in [0.1, 0.15) is 0 Å². The zero-order valence-corrected chi connectivity index (χ0v) is 18.4. The van der Waals surface area contributed by atoms with Gasteiger partial charge < -0.3 is 15.0 Å². The van der Waals surface area contributed by atoms with Crippen LogP contribution in [0.25, 0.3) is 0 Å². The normalized spacial score (nSPS) is 34.8. The van der Waals surface area contributed by atoms with Gasteiger partial charge in [-0.05, 0) is 58.9 Å². The van der Waals surface area contributed by atoms with Crippen molar-refractivity contribution in [3.63, 3.8) is 0 Å². The summed E-state index contributed by atoms with van der Waals surface area (Å²) in [6, 6.07) is 0. The molecule has 2 bridgehead atoms. The largest absolute Gasteiger partial charge is 0.369 e. The molecule has 158 valence electrons. The highest BCUT2D eigenvalue weighted by atomic mass is 32.2. The third-order valence-corrected chi connectivity index (χ3v) is 8.17. The number of carbonyl (C=O) groups is 2. The molecule has 1 N–H and O–H groups in total. The van der Waals surface area contributed by atoms with Crippen LogP contribution in [0.3, 0.4) is 0 Å². The van der Waals surface area contributed by atoms with Gasteiger partial charge >= 0.3 is 0 Å². The Morgan fingerprint density at radius 1 is 1.29 bits per heavy atom. The van der Waals surface area contributed by atoms with Crippen LogP contribution >= 0.6 is 11.8 Å². The molecule has 0 aliphatic carbocycles. The molecular weight excluding hydrogens is 374 g/mol. The second-order valence-corrected chi connectivity index (χ2v) is 10.5. The predicted octanol–water partition coefficient (Wildman–Crippen LogP) is 1.74. The number of likely N-dealkylation sites (tertiary alicyclic amines) is 2. The Labute approximate surface area is 173 Å². The van der Waals surface area contributed by atoms with Crippen LogP contribution in [0.4, 0.5) is 0 Å². The van der Waals surface area contributed by atoms with Gasteiger partial charge in [-0.2, -0.15) is 11.8 Å². The Balaban J connectivity index is 1.40. The van der Waals surface area contributed by atoms with Crippen molar-refractivity contribution < 1.29 is 14.3 Å². The number of nitrogens with zero attached hydrogens (tertiary/aromatic N) is 2. The minimum atomic E-state index is -0.439. The summed E-state index contributed by atoms with van der Waals surface area (Å²) in [6.07, 6.45) is 7.32. The fourth-order valence-corrected chi connectivity index (χ4v) is 6.32. The van der Waals surface area contributed by atoms with E-state index in [2.05, 4.69) is 29.0 Å². The van der Waals surface area contributed by atoms with Gasteiger partial charge in [0.25, 0.3) is 0 Å². The molecule has 0 radical (unpaired) electrons. The van der Waals surface area contributed by atoms with E-state index in [4.69, 9.17) is 4.74 Å². The van der Waals surface area contributed by atoms with Gasteiger partial charge in [0.2, 0.25) is 11.8 Å². The molecule has 0 unspecified atom stereocenters. The topological polar surface area (TPSA) is 61.9 Å². The highest BCUT2D eigenvalue weighted by molar-refractivity contribution is 7.98. The van der Waals surface area contributed by atoms with Gasteiger partial charge in [-0.1, -0.05) is 0 Å². The van der Waals surface area contributed by atoms with E-state index in [-0.39, 0.29) is 23.5 Å². The van der Waals surface area contributed by atoms with E-state index >= 15 is 0 Å². The Hall–Kier alpha value is -0.790. The summed E-state index contributed by atoms with van der Waals surface area (Å²) in [5.41, 5.74) is -0.610. The molecule has 7 heteroatoms. The Kier molecular flexibility index (Phi) is 5.71. The summed E-state index contributed by atoms with van der Waals surface area (Å²) < 4.78 is 6.47. The average Bonchev–Trinajstić information content (AvgIpc) is 3.44. The molecule has 0 aromatic rings. The van der Waals surface area contributed by atoms with Gasteiger partial charge in [0.15, 0.2) is 0 Å². The summed E-state index contributed by atoms with van der Waals surface area (Å²) >= 11 is 1.70. The summed E-state index contributed by atoms with van der Waals surface area (Å²) in [5, 5.41) is 3.13. The van der Waals surface area contributed by atoms with E-state index < -0.39 is 5.54 Å². The van der Waals surface area contributed by atoms with Crippen molar-refractivity contribution in [3.05, 3.63) is 0 Å². The second-order valence-electron chi connectivity index (χ2n) is 9.52. The first-order chi connectivity index (χ1) is 13.4. The second kappa shape index (κ2) is 7.80. The molecule has 4 fully saturated rings. The van der Waals surface area contributed by atoms with Crippen molar-refractivity contribution in [2.45, 2.75) is 63.2 Å². The van der Waals surface area contributed by atoms with E-state index in [1.54, 1.807) is 11.8 Å². The van der Waals surface area contributed by atoms with E-state index in [0.717, 1.165) is 44.8 Å². The number of nitrogens with one attached hydrogen (secondary N) is 1. The molecule has 4 heterocycles. The minimum Gasteiger partial charge on any atom is -0.369 e. The third kappa shape index (κ3) is 3.47. The van der Waals surface area contributed by atoms with E-state index in [9.17, 15) is 9.59 Å². The minimum absolute atomic E-state index is 0.132. The van der Waals surface area contributed by atoms with Gasteiger partial charge in [-0.3, -0.25) is 14.5 Å². The lowest BCUT2D eigenvalue weighted by Gasteiger charge is -2.37. The van der Waals surface area contributed by atoms with Crippen LogP contribution in [0.5, 0.6) is 0 Å². The molecule has 1 spiro atoms. The number of amides is 2. The number of fused-ring (bicyclic) bond motifs is 1. The number of thioether (sulfide) groups is 1. The maximum Gasteiger partial charge on any atom is 0.242 e. The summed E-state index contributed by atoms with van der Waals surface area (Å²) in [7, 11) is 0. The quantitative estimate of drug-likeness (QED) is 0.694. The molecule has 0 saturated carbocycles. The highest BCUT2D eigenvalue weighted by Crippen LogP contribution is 2.55. The molecule has 4 saturated heterocycles. The zero-order chi connectivity index (χ0) is 19.9. The lowest BCUT2D eigenvalue weighted by atomic mass is 9.73. The van der Waals surface area contributed by atoms with Gasteiger partial charge in [-0.25, -0.2) is 0 Å². The Morgan fingerprint density at radius 3 is 2.75 bits per heavy atom. The smallest absolute Gasteiger partial charge is 0.242 e. The summed E-state index contributed by atoms with van der Waals surface area (Å²) in [4.78, 5) is 29.9. The predicted molar refractivity (Wildman–Crippen MR) is 111 cm³/mol. The highest BCUT2D eigenvalue weighted by Gasteiger charge is 2.64. The first kappa shape index (κ1) is 20.5. The van der Waals surface area contributed by atoms with Crippen LogP contribution in [0, 0.1) is 11.8 Å². The maximum atomic E-state index is 13.4. The van der Waals surface area contributed by atoms with Crippen molar-refractivity contribution in [2.24, 2.45) is 11.8 Å². The average molecular weight is 410 g/mol. The monoisotopic (exact) mass is 409 g/mol. The lowest BCUT2D eigenvalue weighted by molar-refractivity contribution is -0.142. The summed E-state index contributed by atoms with van der Waals surface area (Å²) in [5.74, 6) is 1.92. The molecule has 0 aromatic heterocycles. The van der Waals surface area contributed by atoms with Crippen LogP contribution in [0.15, 0.2) is 0 Å². The zero-order valence-electron chi connectivity index (χ0n) is 17.5. The van der Waals surface area contributed by atoms with Crippen molar-refractivity contribution in [2.75, 3.05) is 44.7 Å². The first-order valence-corrected chi connectivity index (χ1v) is 12.2. The maximum absolute atomic E-state index is 13.4. The molecular formula is C21H35N3O3S. The molecule has 4 rings (SSSR count). The molecule has 2 amide bonds. The molecule has 6 nitrogen and oxygen atoms in total. The van der Waals surface area contributed by atoms with Crippen molar-refractivity contribution in [3.8, 4) is 0 Å². The van der Waals surface area contributed by atoms with Crippen molar-refractivity contribution >= 4 is 23.6 Å². The summed E-state index contributed by atoms with van der Waals surface area (Å²) in [6.45, 7) is 8.37. The Bertz CT molecular complexity index is 622. The van der Waals surface area contributed by atoms with Crippen molar-refractivity contribution in [1.82, 2.24) is 15.1 Å². The molecule has 28 heavy (non-hydrogen) atoms. The lowest BCUT2D eigenvalue weighted by Crippen LogP contribution is -2.55. The van der Waals surface area contributed by atoms with Gasteiger partial charge in [-0.15, -0.1) is 0 Å². The van der Waals surface area contributed by atoms with Crippen LogP contribution < -0.4 is 5.32 Å². The number of ether oxygens (including phenoxy) is 1. The van der Waals surface area contributed by atoms with Gasteiger partial charge in [0.05, 0.1) is 23.8 Å². The number of carbonyl (C=O) groups excluding carboxylic acids is 2. The fraction of sp³-hybridized carbons (Fsp3) is 0.905. The number of rotatable bonds is 7. The first-order valence-electron chi connectivity index (χ1n) is 10.9. The van der Waals surface area contributed by atoms with Crippen molar-refractivity contribution in [1.29, 1.82) is 0 Å². The Morgan fingerprint density at radius 2 is 2.04 bits per heavy atom. The van der Waals surface area contributed by atoms with E-state index in [0.29, 0.717) is 24.8 Å². The number of hydrogen-bond acceptors (Lipinski definition) is 5. The van der Waals surface area contributed by atoms with Gasteiger partial charge in [0, 0.05) is 37.1 Å². The molecule has 4 atom stereocenters. The van der Waals surface area contributed by atoms with Crippen LogP contribution in [0.2, 0.25) is 0 Å². The van der Waals surface area contributed by atoms with Crippen LogP contribution in [-0.4, -0.2) is 83.6 Å². The molecule has 4 aliphatic rings. The SMILES string of the molecule is CSCCC(=O)NC[C@H]1[C@H]2CN(C(=O)C(C)(C)N3CCCC3)C[C@]23CC[C@H]1O3. The fourth-order valence-electron chi connectivity index (χ4n) is 5.93. The number of hydrogen-bond donors (Lipinski definition) is 1. The molecule has 0 aromatic carbocycles.